The molecule has 0 bridgehead atoms. The Morgan fingerprint density at radius 1 is 1.24 bits per heavy atom. The van der Waals surface area contributed by atoms with E-state index in [9.17, 15) is 9.90 Å². The molecule has 0 fully saturated rings. The highest BCUT2D eigenvalue weighted by molar-refractivity contribution is 5.87. The van der Waals surface area contributed by atoms with Gasteiger partial charge in [-0.1, -0.05) is 30.8 Å². The number of aromatic nitrogens is 1. The summed E-state index contributed by atoms with van der Waals surface area (Å²) in [5.74, 6) is 0.363. The van der Waals surface area contributed by atoms with Gasteiger partial charge in [-0.15, -0.1) is 0 Å². The molecule has 2 heterocycles. The number of carbonyl (C=O) groups is 1. The van der Waals surface area contributed by atoms with Crippen LogP contribution in [-0.2, 0) is 11.2 Å². The van der Waals surface area contributed by atoms with Crippen molar-refractivity contribution < 1.29 is 19.4 Å². The van der Waals surface area contributed by atoms with Crippen LogP contribution in [0, 0.1) is 0 Å². The van der Waals surface area contributed by atoms with Crippen molar-refractivity contribution in [2.75, 3.05) is 13.7 Å². The van der Waals surface area contributed by atoms with Gasteiger partial charge in [-0.05, 0) is 41.8 Å². The summed E-state index contributed by atoms with van der Waals surface area (Å²) < 4.78 is 11.3. The molecule has 4 rings (SSSR count). The maximum absolute atomic E-state index is 11.8. The fraction of sp³-hybridized carbons (Fsp3) is 0.261. The fourth-order valence-corrected chi connectivity index (χ4v) is 3.84. The topological polar surface area (TPSA) is 83.6 Å². The van der Waals surface area contributed by atoms with Crippen molar-refractivity contribution in [3.05, 3.63) is 71.4 Å². The second kappa shape index (κ2) is 7.64. The maximum atomic E-state index is 11.8. The molecular formula is C23H24N2O4. The number of rotatable bonds is 6. The summed E-state index contributed by atoms with van der Waals surface area (Å²) in [6.45, 7) is 6.16. The molecule has 1 aromatic heterocycles. The van der Waals surface area contributed by atoms with Crippen molar-refractivity contribution in [2.24, 2.45) is 0 Å². The first-order chi connectivity index (χ1) is 14.0. The lowest BCUT2D eigenvalue weighted by atomic mass is 9.90. The van der Waals surface area contributed by atoms with Gasteiger partial charge in [0.1, 0.15) is 12.6 Å². The molecule has 3 aromatic rings. The zero-order valence-corrected chi connectivity index (χ0v) is 16.5. The third-order valence-corrected chi connectivity index (χ3v) is 5.20. The van der Waals surface area contributed by atoms with Crippen LogP contribution in [0.3, 0.4) is 0 Å². The van der Waals surface area contributed by atoms with Gasteiger partial charge in [-0.2, -0.15) is 0 Å². The highest BCUT2D eigenvalue weighted by atomic mass is 16.5. The van der Waals surface area contributed by atoms with Crippen LogP contribution < -0.4 is 14.8 Å². The van der Waals surface area contributed by atoms with Gasteiger partial charge in [-0.3, -0.25) is 10.1 Å². The lowest BCUT2D eigenvalue weighted by Crippen LogP contribution is -2.44. The number of ether oxygens (including phenoxy) is 2. The SMILES string of the molecule is C=C(C)COc1ccc([C@H]2N[C@H](C(=O)O)Cc3c2[nH]c2ccccc32)cc1OC. The molecule has 0 saturated heterocycles. The zero-order chi connectivity index (χ0) is 20.5. The van der Waals surface area contributed by atoms with Crippen LogP contribution in [0.2, 0.25) is 0 Å². The second-order valence-electron chi connectivity index (χ2n) is 7.41. The number of benzene rings is 2. The normalized spacial score (nSPS) is 18.3. The molecule has 1 aliphatic rings. The molecule has 0 saturated carbocycles. The molecular weight excluding hydrogens is 368 g/mol. The molecule has 0 radical (unpaired) electrons. The van der Waals surface area contributed by atoms with Gasteiger partial charge in [0.2, 0.25) is 0 Å². The van der Waals surface area contributed by atoms with E-state index >= 15 is 0 Å². The standard InChI is InChI=1S/C23H24N2O4/c1-13(2)12-29-19-9-8-14(10-20(19)28-3)21-22-16(11-18(25-21)23(26)27)15-6-4-5-7-17(15)24-22/h4-10,18,21,24-25H,1,11-12H2,2-3H3,(H,26,27)/t18-,21+/m0/s1. The Morgan fingerprint density at radius 3 is 2.76 bits per heavy atom. The molecule has 0 aliphatic carbocycles. The molecule has 29 heavy (non-hydrogen) atoms. The van der Waals surface area contributed by atoms with Crippen molar-refractivity contribution in [1.29, 1.82) is 0 Å². The highest BCUT2D eigenvalue weighted by Crippen LogP contribution is 2.38. The van der Waals surface area contributed by atoms with Crippen molar-refractivity contribution in [3.63, 3.8) is 0 Å². The Labute approximate surface area is 169 Å². The van der Waals surface area contributed by atoms with Crippen molar-refractivity contribution in [3.8, 4) is 11.5 Å². The minimum atomic E-state index is -0.862. The maximum Gasteiger partial charge on any atom is 0.321 e. The number of fused-ring (bicyclic) bond motifs is 3. The molecule has 0 unspecified atom stereocenters. The minimum absolute atomic E-state index is 0.295. The van der Waals surface area contributed by atoms with Gasteiger partial charge in [0, 0.05) is 23.0 Å². The number of nitrogens with one attached hydrogen (secondary N) is 2. The van der Waals surface area contributed by atoms with Crippen LogP contribution >= 0.6 is 0 Å². The summed E-state index contributed by atoms with van der Waals surface area (Å²) in [4.78, 5) is 15.3. The van der Waals surface area contributed by atoms with E-state index < -0.39 is 12.0 Å². The van der Waals surface area contributed by atoms with E-state index in [1.807, 2.05) is 49.4 Å². The van der Waals surface area contributed by atoms with Crippen molar-refractivity contribution >= 4 is 16.9 Å². The van der Waals surface area contributed by atoms with E-state index in [1.165, 1.54) is 0 Å². The van der Waals surface area contributed by atoms with E-state index in [0.29, 0.717) is 24.5 Å². The Bertz CT molecular complexity index is 1090. The van der Waals surface area contributed by atoms with Crippen molar-refractivity contribution in [2.45, 2.75) is 25.4 Å². The average molecular weight is 392 g/mol. The van der Waals surface area contributed by atoms with Crippen molar-refractivity contribution in [1.82, 2.24) is 10.3 Å². The van der Waals surface area contributed by atoms with E-state index in [0.717, 1.165) is 33.3 Å². The zero-order valence-electron chi connectivity index (χ0n) is 16.5. The van der Waals surface area contributed by atoms with Gasteiger partial charge >= 0.3 is 5.97 Å². The second-order valence-corrected chi connectivity index (χ2v) is 7.41. The molecule has 2 atom stereocenters. The van der Waals surface area contributed by atoms with E-state index in [1.54, 1.807) is 7.11 Å². The van der Waals surface area contributed by atoms with Crippen LogP contribution in [0.1, 0.15) is 29.8 Å². The predicted octanol–water partition coefficient (Wildman–Crippen LogP) is 3.82. The molecule has 3 N–H and O–H groups in total. The summed E-state index contributed by atoms with van der Waals surface area (Å²) in [6.07, 6.45) is 0.433. The number of para-hydroxylation sites is 1. The Kier molecular flexibility index (Phi) is 5.03. The van der Waals surface area contributed by atoms with Crippen LogP contribution in [0.15, 0.2) is 54.6 Å². The summed E-state index contributed by atoms with van der Waals surface area (Å²) in [6, 6.07) is 12.7. The van der Waals surface area contributed by atoms with Gasteiger partial charge in [0.05, 0.1) is 13.2 Å². The highest BCUT2D eigenvalue weighted by Gasteiger charge is 2.34. The van der Waals surface area contributed by atoms with Crippen LogP contribution in [0.5, 0.6) is 11.5 Å². The number of aliphatic carboxylic acids is 1. The molecule has 0 amide bonds. The molecule has 6 heteroatoms. The smallest absolute Gasteiger partial charge is 0.321 e. The third kappa shape index (κ3) is 3.59. The Hall–Kier alpha value is -3.25. The monoisotopic (exact) mass is 392 g/mol. The summed E-state index contributed by atoms with van der Waals surface area (Å²) in [5.41, 5.74) is 4.85. The Morgan fingerprint density at radius 2 is 2.03 bits per heavy atom. The average Bonchev–Trinajstić information content (AvgIpc) is 3.10. The number of carboxylic acid groups (broad SMARTS) is 1. The van der Waals surface area contributed by atoms with E-state index in [2.05, 4.69) is 16.9 Å². The summed E-state index contributed by atoms with van der Waals surface area (Å²) >= 11 is 0. The summed E-state index contributed by atoms with van der Waals surface area (Å²) in [5, 5.41) is 14.0. The lowest BCUT2D eigenvalue weighted by molar-refractivity contribution is -0.139. The third-order valence-electron chi connectivity index (χ3n) is 5.20. The van der Waals surface area contributed by atoms with Crippen LogP contribution in [0.4, 0.5) is 0 Å². The molecule has 150 valence electrons. The number of aromatic amines is 1. The van der Waals surface area contributed by atoms with Gasteiger partial charge in [0.15, 0.2) is 11.5 Å². The van der Waals surface area contributed by atoms with Gasteiger partial charge in [0.25, 0.3) is 0 Å². The minimum Gasteiger partial charge on any atom is -0.493 e. The number of methoxy groups -OCH3 is 1. The quantitative estimate of drug-likeness (QED) is 0.556. The first-order valence-corrected chi connectivity index (χ1v) is 9.51. The van der Waals surface area contributed by atoms with Gasteiger partial charge in [-0.25, -0.2) is 0 Å². The number of hydrogen-bond donors (Lipinski definition) is 3. The molecule has 1 aliphatic heterocycles. The Balaban J connectivity index is 1.77. The molecule has 6 nitrogen and oxygen atoms in total. The molecule has 2 aromatic carbocycles. The number of carboxylic acids is 1. The fourth-order valence-electron chi connectivity index (χ4n) is 3.84. The number of hydrogen-bond acceptors (Lipinski definition) is 4. The van der Waals surface area contributed by atoms with E-state index in [4.69, 9.17) is 9.47 Å². The lowest BCUT2D eigenvalue weighted by Gasteiger charge is -2.30. The first-order valence-electron chi connectivity index (χ1n) is 9.51. The molecule has 0 spiro atoms. The first kappa shape index (κ1) is 19.1. The largest absolute Gasteiger partial charge is 0.493 e. The number of H-pyrrole nitrogens is 1. The van der Waals surface area contributed by atoms with E-state index in [-0.39, 0.29) is 6.04 Å². The van der Waals surface area contributed by atoms with Crippen LogP contribution in [-0.4, -0.2) is 35.8 Å². The van der Waals surface area contributed by atoms with Crippen LogP contribution in [0.25, 0.3) is 10.9 Å². The summed E-state index contributed by atoms with van der Waals surface area (Å²) in [7, 11) is 1.59. The van der Waals surface area contributed by atoms with Gasteiger partial charge < -0.3 is 19.6 Å². The predicted molar refractivity (Wildman–Crippen MR) is 112 cm³/mol.